The van der Waals surface area contributed by atoms with Crippen molar-refractivity contribution in [2.45, 2.75) is 7.43 Å². The molecule has 12 heteroatoms. The SMILES string of the molecule is C.[C-]#[O+].[C-]#[O+].[C-]#[O+].[C-]#[O+].[C-]#[O+].[C-]#[O+].[C-]#[O+].[C-]#[O+].[C-]#[O+].[C-]#[O+].[Mn].[Mn]. The van der Waals surface area contributed by atoms with E-state index in [1.54, 1.807) is 0 Å². The van der Waals surface area contributed by atoms with Crippen molar-refractivity contribution in [3.8, 4) is 0 Å². The van der Waals surface area contributed by atoms with Crippen LogP contribution in [0.25, 0.3) is 0 Å². The van der Waals surface area contributed by atoms with Crippen molar-refractivity contribution in [1.29, 1.82) is 0 Å². The summed E-state index contributed by atoms with van der Waals surface area (Å²) < 4.78 is 75.0. The van der Waals surface area contributed by atoms with Crippen LogP contribution in [0.15, 0.2) is 0 Å². The van der Waals surface area contributed by atoms with Crippen LogP contribution in [0.1, 0.15) is 7.43 Å². The third kappa shape index (κ3) is 2850. The van der Waals surface area contributed by atoms with Crippen LogP contribution in [-0.4, -0.2) is 0 Å². The van der Waals surface area contributed by atoms with Gasteiger partial charge in [-0.2, -0.15) is 0 Å². The van der Waals surface area contributed by atoms with Crippen molar-refractivity contribution >= 4 is 0 Å². The maximum Gasteiger partial charge on any atom is 0 e. The van der Waals surface area contributed by atoms with Crippen molar-refractivity contribution in [2.75, 3.05) is 0 Å². The van der Waals surface area contributed by atoms with Gasteiger partial charge in [-0.3, -0.25) is 0 Å². The van der Waals surface area contributed by atoms with Crippen molar-refractivity contribution in [2.24, 2.45) is 0 Å². The Bertz CT molecular complexity index is 178. The summed E-state index contributed by atoms with van der Waals surface area (Å²) in [5.41, 5.74) is 0. The van der Waals surface area contributed by atoms with Gasteiger partial charge < -0.3 is 0 Å². The van der Waals surface area contributed by atoms with Crippen LogP contribution in [0.3, 0.4) is 0 Å². The van der Waals surface area contributed by atoms with E-state index in [1.807, 2.05) is 0 Å². The van der Waals surface area contributed by atoms with Crippen LogP contribution in [0.2, 0.25) is 0 Å². The van der Waals surface area contributed by atoms with Gasteiger partial charge in [0.05, 0.1) is 0 Å². The van der Waals surface area contributed by atoms with Gasteiger partial charge in [0.1, 0.15) is 0 Å². The van der Waals surface area contributed by atoms with Gasteiger partial charge in [-0.25, -0.2) is 0 Å². The molecule has 0 rings (SSSR count). The van der Waals surface area contributed by atoms with Gasteiger partial charge in [0.25, 0.3) is 0 Å². The summed E-state index contributed by atoms with van der Waals surface area (Å²) in [7, 11) is 0. The molecule has 23 heavy (non-hydrogen) atoms. The molecule has 0 atom stereocenters. The average Bonchev–Trinajstić information content (AvgIpc) is 2.71. The Kier molecular flexibility index (Phi) is 17300. The predicted molar refractivity (Wildman–Crippen MR) is 46.0 cm³/mol. The minimum Gasteiger partial charge on any atom is 0 e. The third-order valence-corrected chi connectivity index (χ3v) is 0. The molecule has 122 valence electrons. The van der Waals surface area contributed by atoms with Gasteiger partial charge in [-0.15, -0.1) is 0 Å². The zero-order valence-corrected chi connectivity index (χ0v) is 12.2. The monoisotopic (exact) mass is 406 g/mol. The van der Waals surface area contributed by atoms with Gasteiger partial charge >= 0.3 is 113 Å². The van der Waals surface area contributed by atoms with Gasteiger partial charge in [0.2, 0.25) is 0 Å². The van der Waals surface area contributed by atoms with E-state index < -0.39 is 0 Å². The molecule has 0 bridgehead atoms. The van der Waals surface area contributed by atoms with E-state index in [0.717, 1.165) is 0 Å². The summed E-state index contributed by atoms with van der Waals surface area (Å²) in [6.45, 7) is 45.0. The van der Waals surface area contributed by atoms with E-state index >= 15 is 0 Å². The Morgan fingerprint density at radius 2 is 0.217 bits per heavy atom. The van der Waals surface area contributed by atoms with E-state index in [4.69, 9.17) is 46.5 Å². The van der Waals surface area contributed by atoms with Crippen molar-refractivity contribution in [3.63, 3.8) is 0 Å². The van der Waals surface area contributed by atoms with Crippen molar-refractivity contribution < 1.29 is 80.7 Å². The topological polar surface area (TPSA) is 199 Å². The first-order valence-corrected chi connectivity index (χ1v) is 2.04. The molecule has 0 aliphatic carbocycles. The summed E-state index contributed by atoms with van der Waals surface area (Å²) in [6.07, 6.45) is 0. The summed E-state index contributed by atoms with van der Waals surface area (Å²) in [5, 5.41) is 0. The standard InChI is InChI=1S/10CO.CH4.2Mn/c10*1-2;;;/h;;;;;;;;;;1H4;;. The molecule has 2 radical (unpaired) electrons. The van der Waals surface area contributed by atoms with E-state index in [1.165, 1.54) is 0 Å². The Morgan fingerprint density at radius 3 is 0.217 bits per heavy atom. The summed E-state index contributed by atoms with van der Waals surface area (Å²) in [6, 6.07) is 0. The van der Waals surface area contributed by atoms with Crippen LogP contribution in [0, 0.1) is 66.5 Å². The second-order valence-corrected chi connectivity index (χ2v) is 0. The molecule has 0 saturated carbocycles. The molecule has 0 aromatic rings. The van der Waals surface area contributed by atoms with Crippen LogP contribution in [-0.2, 0) is 80.7 Å². The molecule has 10 nitrogen and oxygen atoms in total. The number of rotatable bonds is 0. The fraction of sp³-hybridized carbons (Fsp3) is 0.0909. The van der Waals surface area contributed by atoms with Crippen LogP contribution >= 0.6 is 0 Å². The smallest absolute Gasteiger partial charge is 0 e. The Morgan fingerprint density at radius 1 is 0.217 bits per heavy atom. The van der Waals surface area contributed by atoms with Crippen LogP contribution in [0.4, 0.5) is 0 Å². The zero-order chi connectivity index (χ0) is 20.0. The van der Waals surface area contributed by atoms with E-state index in [0.29, 0.717) is 0 Å². The largest absolute Gasteiger partial charge is 0 e. The second-order valence-electron chi connectivity index (χ2n) is 0. The van der Waals surface area contributed by atoms with E-state index in [-0.39, 0.29) is 41.6 Å². The van der Waals surface area contributed by atoms with E-state index in [9.17, 15) is 0 Å². The molecular weight excluding hydrogens is 402 g/mol. The van der Waals surface area contributed by atoms with Gasteiger partial charge in [-0.05, 0) is 0 Å². The first kappa shape index (κ1) is 126. The molecule has 0 heterocycles. The molecule has 0 spiro atoms. The molecule has 0 unspecified atom stereocenters. The maximum absolute atomic E-state index is 7.50. The van der Waals surface area contributed by atoms with Gasteiger partial charge in [0, 0.05) is 34.1 Å². The number of hydrogen-bond acceptors (Lipinski definition) is 0. The summed E-state index contributed by atoms with van der Waals surface area (Å²) in [5.74, 6) is 0. The van der Waals surface area contributed by atoms with Crippen molar-refractivity contribution in [1.82, 2.24) is 0 Å². The summed E-state index contributed by atoms with van der Waals surface area (Å²) >= 11 is 0. The first-order valence-electron chi connectivity index (χ1n) is 2.04. The molecule has 0 aliphatic rings. The number of hydrogen-bond donors (Lipinski definition) is 0. The molecule has 0 aromatic heterocycles. The first-order chi connectivity index (χ1) is 10.0. The minimum absolute atomic E-state index is 0. The average molecular weight is 406 g/mol. The minimum atomic E-state index is 0. The van der Waals surface area contributed by atoms with Gasteiger partial charge in [0.15, 0.2) is 0 Å². The molecule has 0 aliphatic heterocycles. The second kappa shape index (κ2) is 3170. The van der Waals surface area contributed by atoms with Gasteiger partial charge in [-0.1, -0.05) is 7.43 Å². The Labute approximate surface area is 154 Å². The van der Waals surface area contributed by atoms with Crippen LogP contribution in [0.5, 0.6) is 0 Å². The molecular formula is C11H4Mn2O10. The maximum atomic E-state index is 7.50. The van der Waals surface area contributed by atoms with Crippen LogP contribution < -0.4 is 0 Å². The Hall–Kier alpha value is -1.56. The molecule has 0 amide bonds. The molecule has 0 aromatic carbocycles. The molecule has 0 N–H and O–H groups in total. The zero-order valence-electron chi connectivity index (χ0n) is 9.84. The molecule has 0 saturated heterocycles. The normalized spacial score (nSPS) is 0.870. The fourth-order valence-corrected chi connectivity index (χ4v) is 0. The fourth-order valence-electron chi connectivity index (χ4n) is 0. The molecule has 0 fully saturated rings. The predicted octanol–water partition coefficient (Wildman–Crippen LogP) is 0.256. The third-order valence-electron chi connectivity index (χ3n) is 0. The Balaban J connectivity index is -0.00000000433. The quantitative estimate of drug-likeness (QED) is 0.302. The van der Waals surface area contributed by atoms with E-state index in [2.05, 4.69) is 66.5 Å². The van der Waals surface area contributed by atoms with Crippen molar-refractivity contribution in [3.05, 3.63) is 66.5 Å². The summed E-state index contributed by atoms with van der Waals surface area (Å²) in [4.78, 5) is 0.